The number of aliphatic hydroxyl groups is 1. The summed E-state index contributed by atoms with van der Waals surface area (Å²) >= 11 is 0. The molecule has 66 valence electrons. The lowest BCUT2D eigenvalue weighted by molar-refractivity contribution is -0.0224. The van der Waals surface area contributed by atoms with Crippen molar-refractivity contribution in [2.75, 3.05) is 19.8 Å². The van der Waals surface area contributed by atoms with E-state index in [1.54, 1.807) is 6.92 Å². The first-order chi connectivity index (χ1) is 5.20. The Kier molecular flexibility index (Phi) is 5.50. The molecule has 1 atom stereocenters. The van der Waals surface area contributed by atoms with Gasteiger partial charge in [-0.2, -0.15) is 0 Å². The van der Waals surface area contributed by atoms with Gasteiger partial charge in [0.05, 0.1) is 13.2 Å². The van der Waals surface area contributed by atoms with Gasteiger partial charge in [-0.1, -0.05) is 0 Å². The third-order valence-electron chi connectivity index (χ3n) is 0.979. The van der Waals surface area contributed by atoms with Crippen LogP contribution >= 0.6 is 0 Å². The molecule has 0 saturated heterocycles. The Hall–Kier alpha value is -0.810. The van der Waals surface area contributed by atoms with Gasteiger partial charge in [0.2, 0.25) is 0 Å². The van der Waals surface area contributed by atoms with Gasteiger partial charge in [-0.15, -0.1) is 0 Å². The molecule has 0 aliphatic carbocycles. The molecule has 0 radical (unpaired) electrons. The van der Waals surface area contributed by atoms with Gasteiger partial charge in [0.1, 0.15) is 0 Å². The van der Waals surface area contributed by atoms with Gasteiger partial charge in [0, 0.05) is 6.61 Å². The summed E-state index contributed by atoms with van der Waals surface area (Å²) in [5.41, 5.74) is 0. The molecule has 0 aromatic heterocycles. The van der Waals surface area contributed by atoms with Gasteiger partial charge in [-0.25, -0.2) is 4.79 Å². The lowest BCUT2D eigenvalue weighted by atomic mass is 10.4. The molecule has 0 rings (SSSR count). The van der Waals surface area contributed by atoms with E-state index >= 15 is 0 Å². The summed E-state index contributed by atoms with van der Waals surface area (Å²) in [5, 5.41) is 16.7. The number of carboxylic acid groups (broad SMARTS) is 1. The predicted octanol–water partition coefficient (Wildman–Crippen LogP) is 0.0784. The third kappa shape index (κ3) is 5.63. The monoisotopic (exact) mass is 164 g/mol. The molecule has 11 heavy (non-hydrogen) atoms. The van der Waals surface area contributed by atoms with Gasteiger partial charge in [0.25, 0.3) is 0 Å². The lowest BCUT2D eigenvalue weighted by Crippen LogP contribution is -2.26. The molecule has 0 heterocycles. The maximum absolute atomic E-state index is 9.94. The standard InChI is InChI=1S/C6H12O5/c1-2-10-4-5(3-7)11-6(8)9/h5,7H,2-4H2,1H3,(H,8,9). The molecule has 1 unspecified atom stereocenters. The van der Waals surface area contributed by atoms with Crippen molar-refractivity contribution < 1.29 is 24.5 Å². The average Bonchev–Trinajstić information content (AvgIpc) is 1.97. The molecule has 0 amide bonds. The highest BCUT2D eigenvalue weighted by atomic mass is 16.7. The smallest absolute Gasteiger partial charge is 0.450 e. The molecule has 5 nitrogen and oxygen atoms in total. The maximum atomic E-state index is 9.94. The molecule has 0 bridgehead atoms. The number of aliphatic hydroxyl groups excluding tert-OH is 1. The van der Waals surface area contributed by atoms with Crippen LogP contribution in [0.15, 0.2) is 0 Å². The van der Waals surface area contributed by atoms with Crippen LogP contribution in [0.1, 0.15) is 6.92 Å². The van der Waals surface area contributed by atoms with Crippen molar-refractivity contribution in [1.29, 1.82) is 0 Å². The molecule has 5 heteroatoms. The van der Waals surface area contributed by atoms with Crippen molar-refractivity contribution in [1.82, 2.24) is 0 Å². The topological polar surface area (TPSA) is 76.0 Å². The van der Waals surface area contributed by atoms with Crippen molar-refractivity contribution in [3.8, 4) is 0 Å². The second-order valence-electron chi connectivity index (χ2n) is 1.85. The van der Waals surface area contributed by atoms with Crippen LogP contribution in [0, 0.1) is 0 Å². The fourth-order valence-electron chi connectivity index (χ4n) is 0.516. The zero-order valence-electron chi connectivity index (χ0n) is 6.32. The van der Waals surface area contributed by atoms with E-state index in [1.165, 1.54) is 0 Å². The highest BCUT2D eigenvalue weighted by molar-refractivity contribution is 5.57. The van der Waals surface area contributed by atoms with Crippen LogP contribution in [-0.2, 0) is 9.47 Å². The van der Waals surface area contributed by atoms with Crippen LogP contribution < -0.4 is 0 Å². The molecule has 0 aromatic carbocycles. The highest BCUT2D eigenvalue weighted by Gasteiger charge is 2.11. The van der Waals surface area contributed by atoms with Gasteiger partial charge in [0.15, 0.2) is 6.10 Å². The fourth-order valence-corrected chi connectivity index (χ4v) is 0.516. The normalized spacial score (nSPS) is 12.5. The molecule has 2 N–H and O–H groups in total. The SMILES string of the molecule is CCOCC(CO)OC(=O)O. The van der Waals surface area contributed by atoms with E-state index in [9.17, 15) is 4.79 Å². The van der Waals surface area contributed by atoms with Crippen LogP contribution in [0.25, 0.3) is 0 Å². The summed E-state index contributed by atoms with van der Waals surface area (Å²) in [6, 6.07) is 0. The molecule has 0 aromatic rings. The van der Waals surface area contributed by atoms with Crippen LogP contribution in [0.4, 0.5) is 4.79 Å². The lowest BCUT2D eigenvalue weighted by Gasteiger charge is -2.11. The molecule has 0 saturated carbocycles. The number of rotatable bonds is 5. The molecule has 0 fully saturated rings. The van der Waals surface area contributed by atoms with Gasteiger partial charge < -0.3 is 19.7 Å². The van der Waals surface area contributed by atoms with E-state index in [4.69, 9.17) is 14.9 Å². The molecular weight excluding hydrogens is 152 g/mol. The van der Waals surface area contributed by atoms with E-state index in [0.717, 1.165) is 0 Å². The van der Waals surface area contributed by atoms with E-state index in [2.05, 4.69) is 4.74 Å². The first kappa shape index (κ1) is 10.2. The molecule has 0 aliphatic rings. The average molecular weight is 164 g/mol. The van der Waals surface area contributed by atoms with Crippen molar-refractivity contribution in [2.45, 2.75) is 13.0 Å². The quantitative estimate of drug-likeness (QED) is 0.562. The van der Waals surface area contributed by atoms with Gasteiger partial charge in [-0.3, -0.25) is 0 Å². The van der Waals surface area contributed by atoms with Crippen molar-refractivity contribution in [3.05, 3.63) is 0 Å². The Morgan fingerprint density at radius 2 is 2.27 bits per heavy atom. The van der Waals surface area contributed by atoms with Crippen LogP contribution in [0.3, 0.4) is 0 Å². The van der Waals surface area contributed by atoms with Crippen molar-refractivity contribution in [2.24, 2.45) is 0 Å². The van der Waals surface area contributed by atoms with Crippen molar-refractivity contribution >= 4 is 6.16 Å². The minimum Gasteiger partial charge on any atom is -0.450 e. The number of ether oxygens (including phenoxy) is 2. The zero-order valence-corrected chi connectivity index (χ0v) is 6.32. The Morgan fingerprint density at radius 3 is 2.64 bits per heavy atom. The Morgan fingerprint density at radius 1 is 1.64 bits per heavy atom. The Balaban J connectivity index is 3.49. The summed E-state index contributed by atoms with van der Waals surface area (Å²) in [4.78, 5) is 9.94. The van der Waals surface area contributed by atoms with Crippen LogP contribution in [0.2, 0.25) is 0 Å². The summed E-state index contributed by atoms with van der Waals surface area (Å²) in [7, 11) is 0. The van der Waals surface area contributed by atoms with Crippen molar-refractivity contribution in [3.63, 3.8) is 0 Å². The zero-order chi connectivity index (χ0) is 8.69. The van der Waals surface area contributed by atoms with E-state index in [1.807, 2.05) is 0 Å². The first-order valence-electron chi connectivity index (χ1n) is 3.28. The number of hydrogen-bond donors (Lipinski definition) is 2. The molecule has 0 aliphatic heterocycles. The highest BCUT2D eigenvalue weighted by Crippen LogP contribution is 1.92. The summed E-state index contributed by atoms with van der Waals surface area (Å²) < 4.78 is 9.08. The second kappa shape index (κ2) is 5.94. The Labute approximate surface area is 64.5 Å². The second-order valence-corrected chi connectivity index (χ2v) is 1.85. The van der Waals surface area contributed by atoms with E-state index in [-0.39, 0.29) is 13.2 Å². The maximum Gasteiger partial charge on any atom is 0.506 e. The van der Waals surface area contributed by atoms with Crippen LogP contribution in [0.5, 0.6) is 0 Å². The minimum absolute atomic E-state index is 0.0965. The largest absolute Gasteiger partial charge is 0.506 e. The van der Waals surface area contributed by atoms with Gasteiger partial charge in [-0.05, 0) is 6.92 Å². The summed E-state index contributed by atoms with van der Waals surface area (Å²) in [5.74, 6) is 0. The summed E-state index contributed by atoms with van der Waals surface area (Å²) in [6.45, 7) is 1.99. The molecular formula is C6H12O5. The minimum atomic E-state index is -1.40. The van der Waals surface area contributed by atoms with E-state index < -0.39 is 12.3 Å². The van der Waals surface area contributed by atoms with Gasteiger partial charge >= 0.3 is 6.16 Å². The molecule has 0 spiro atoms. The third-order valence-corrected chi connectivity index (χ3v) is 0.979. The number of hydrogen-bond acceptors (Lipinski definition) is 4. The van der Waals surface area contributed by atoms with Crippen LogP contribution in [-0.4, -0.2) is 42.3 Å². The number of carbonyl (C=O) groups is 1. The predicted molar refractivity (Wildman–Crippen MR) is 36.5 cm³/mol. The first-order valence-corrected chi connectivity index (χ1v) is 3.28. The fraction of sp³-hybridized carbons (Fsp3) is 0.833. The summed E-state index contributed by atoms with van der Waals surface area (Å²) in [6.07, 6.45) is -2.17. The van der Waals surface area contributed by atoms with E-state index in [0.29, 0.717) is 6.61 Å². The Bertz CT molecular complexity index is 114.